The number of hydrogen-bond acceptors (Lipinski definition) is 6. The van der Waals surface area contributed by atoms with Crippen LogP contribution in [0.4, 0.5) is 0 Å². The van der Waals surface area contributed by atoms with Crippen LogP contribution in [0.25, 0.3) is 0 Å². The SMILES string of the molecule is CN(C)N1CN(N(C)C)CN(N(C)CCc2ccccc2)C1. The smallest absolute Gasteiger partial charge is 0.0816 e. The Bertz CT molecular complexity index is 420. The second-order valence-corrected chi connectivity index (χ2v) is 6.25. The molecule has 1 heterocycles. The van der Waals surface area contributed by atoms with Crippen LogP contribution in [-0.4, -0.2) is 91.8 Å². The Morgan fingerprint density at radius 2 is 1.27 bits per heavy atom. The van der Waals surface area contributed by atoms with Crippen molar-refractivity contribution in [3.05, 3.63) is 35.9 Å². The van der Waals surface area contributed by atoms with E-state index in [-0.39, 0.29) is 0 Å². The van der Waals surface area contributed by atoms with Crippen LogP contribution in [0.15, 0.2) is 30.3 Å². The lowest BCUT2D eigenvalue weighted by atomic mass is 10.1. The average molecular weight is 306 g/mol. The summed E-state index contributed by atoms with van der Waals surface area (Å²) in [7, 11) is 10.6. The molecular formula is C16H30N6. The maximum atomic E-state index is 2.38. The molecule has 1 fully saturated rings. The molecule has 0 spiro atoms. The van der Waals surface area contributed by atoms with Crippen molar-refractivity contribution in [3.63, 3.8) is 0 Å². The number of rotatable bonds is 6. The van der Waals surface area contributed by atoms with E-state index < -0.39 is 0 Å². The fourth-order valence-electron chi connectivity index (χ4n) is 2.50. The molecule has 1 saturated heterocycles. The van der Waals surface area contributed by atoms with Gasteiger partial charge in [0.25, 0.3) is 0 Å². The minimum absolute atomic E-state index is 0.919. The Kier molecular flexibility index (Phi) is 6.31. The van der Waals surface area contributed by atoms with Gasteiger partial charge in [-0.2, -0.15) is 0 Å². The molecule has 0 aromatic heterocycles. The van der Waals surface area contributed by atoms with Crippen molar-refractivity contribution < 1.29 is 0 Å². The molecule has 0 aliphatic carbocycles. The van der Waals surface area contributed by atoms with E-state index in [0.29, 0.717) is 0 Å². The Balaban J connectivity index is 1.93. The van der Waals surface area contributed by atoms with E-state index in [4.69, 9.17) is 0 Å². The molecule has 124 valence electrons. The average Bonchev–Trinajstić information content (AvgIpc) is 2.53. The zero-order valence-electron chi connectivity index (χ0n) is 14.6. The summed E-state index contributed by atoms with van der Waals surface area (Å²) in [6.07, 6.45) is 1.07. The molecule has 0 saturated carbocycles. The zero-order chi connectivity index (χ0) is 16.1. The van der Waals surface area contributed by atoms with Gasteiger partial charge in [0.15, 0.2) is 0 Å². The molecular weight excluding hydrogens is 276 g/mol. The first kappa shape index (κ1) is 17.3. The van der Waals surface area contributed by atoms with Crippen LogP contribution in [0.5, 0.6) is 0 Å². The number of likely N-dealkylation sites (N-methyl/N-ethyl adjacent to an activating group) is 1. The van der Waals surface area contributed by atoms with E-state index in [0.717, 1.165) is 33.0 Å². The molecule has 0 unspecified atom stereocenters. The van der Waals surface area contributed by atoms with Crippen LogP contribution in [0, 0.1) is 0 Å². The van der Waals surface area contributed by atoms with Crippen molar-refractivity contribution in [1.82, 2.24) is 30.1 Å². The van der Waals surface area contributed by atoms with Crippen LogP contribution in [0.2, 0.25) is 0 Å². The van der Waals surface area contributed by atoms with Gasteiger partial charge < -0.3 is 0 Å². The first-order valence-electron chi connectivity index (χ1n) is 7.81. The van der Waals surface area contributed by atoms with Crippen molar-refractivity contribution in [1.29, 1.82) is 0 Å². The lowest BCUT2D eigenvalue weighted by Crippen LogP contribution is -2.64. The summed E-state index contributed by atoms with van der Waals surface area (Å²) >= 11 is 0. The maximum absolute atomic E-state index is 2.38. The molecule has 0 atom stereocenters. The summed E-state index contributed by atoms with van der Waals surface area (Å²) in [6.45, 7) is 3.78. The predicted octanol–water partition coefficient (Wildman–Crippen LogP) is 0.821. The van der Waals surface area contributed by atoms with Crippen molar-refractivity contribution in [2.24, 2.45) is 0 Å². The molecule has 1 aromatic rings. The highest BCUT2D eigenvalue weighted by Gasteiger charge is 2.27. The lowest BCUT2D eigenvalue weighted by molar-refractivity contribution is -0.227. The van der Waals surface area contributed by atoms with Crippen molar-refractivity contribution >= 4 is 0 Å². The van der Waals surface area contributed by atoms with Gasteiger partial charge in [0.2, 0.25) is 0 Å². The second-order valence-electron chi connectivity index (χ2n) is 6.25. The summed E-state index contributed by atoms with van der Waals surface area (Å²) in [5.41, 5.74) is 1.39. The van der Waals surface area contributed by atoms with Gasteiger partial charge in [-0.3, -0.25) is 0 Å². The van der Waals surface area contributed by atoms with Crippen LogP contribution in [-0.2, 0) is 6.42 Å². The number of hydrazine groups is 3. The molecule has 0 N–H and O–H groups in total. The third-order valence-electron chi connectivity index (χ3n) is 4.16. The van der Waals surface area contributed by atoms with E-state index in [9.17, 15) is 0 Å². The summed E-state index contributed by atoms with van der Waals surface area (Å²) < 4.78 is 0. The summed E-state index contributed by atoms with van der Waals surface area (Å²) in [6, 6.07) is 10.7. The van der Waals surface area contributed by atoms with Crippen LogP contribution in [0.3, 0.4) is 0 Å². The molecule has 0 amide bonds. The van der Waals surface area contributed by atoms with Crippen LogP contribution >= 0.6 is 0 Å². The Hall–Kier alpha value is -1.02. The Morgan fingerprint density at radius 1 is 0.773 bits per heavy atom. The number of nitrogens with zero attached hydrogens (tertiary/aromatic N) is 6. The van der Waals surface area contributed by atoms with E-state index in [1.165, 1.54) is 5.56 Å². The monoisotopic (exact) mass is 306 g/mol. The molecule has 2 rings (SSSR count). The lowest BCUT2D eigenvalue weighted by Gasteiger charge is -2.48. The zero-order valence-corrected chi connectivity index (χ0v) is 14.6. The molecule has 0 bridgehead atoms. The first-order chi connectivity index (χ1) is 10.5. The van der Waals surface area contributed by atoms with Gasteiger partial charge in [0.05, 0.1) is 20.0 Å². The van der Waals surface area contributed by atoms with Gasteiger partial charge in [0, 0.05) is 41.8 Å². The van der Waals surface area contributed by atoms with Gasteiger partial charge in [0.1, 0.15) is 0 Å². The quantitative estimate of drug-likeness (QED) is 0.770. The molecule has 1 aliphatic rings. The molecule has 22 heavy (non-hydrogen) atoms. The van der Waals surface area contributed by atoms with Gasteiger partial charge in [-0.05, 0) is 12.0 Å². The third-order valence-corrected chi connectivity index (χ3v) is 4.16. The van der Waals surface area contributed by atoms with Crippen molar-refractivity contribution in [2.75, 3.05) is 61.8 Å². The second kappa shape index (κ2) is 8.01. The predicted molar refractivity (Wildman–Crippen MR) is 90.3 cm³/mol. The topological polar surface area (TPSA) is 19.4 Å². The number of benzene rings is 1. The third kappa shape index (κ3) is 4.74. The fourth-order valence-corrected chi connectivity index (χ4v) is 2.50. The summed E-state index contributed by atoms with van der Waals surface area (Å²) in [4.78, 5) is 0. The molecule has 0 radical (unpaired) electrons. The standard InChI is InChI=1S/C16H30N6/c1-17(2)20-13-21(18(3)4)15-22(14-20)19(5)12-11-16-9-7-6-8-10-16/h6-10H,11-15H2,1-5H3. The van der Waals surface area contributed by atoms with Crippen LogP contribution < -0.4 is 0 Å². The molecule has 6 nitrogen and oxygen atoms in total. The molecule has 1 aliphatic heterocycles. The van der Waals surface area contributed by atoms with E-state index in [1.807, 2.05) is 0 Å². The van der Waals surface area contributed by atoms with E-state index >= 15 is 0 Å². The summed E-state index contributed by atoms with van der Waals surface area (Å²) in [5, 5.41) is 13.7. The summed E-state index contributed by atoms with van der Waals surface area (Å²) in [5.74, 6) is 0. The highest BCUT2D eigenvalue weighted by Crippen LogP contribution is 2.12. The fraction of sp³-hybridized carbons (Fsp3) is 0.625. The Morgan fingerprint density at radius 3 is 1.77 bits per heavy atom. The van der Waals surface area contributed by atoms with Gasteiger partial charge in [-0.1, -0.05) is 30.3 Å². The highest BCUT2D eigenvalue weighted by molar-refractivity contribution is 5.14. The van der Waals surface area contributed by atoms with E-state index in [1.54, 1.807) is 0 Å². The normalized spacial score (nSPS) is 18.7. The number of hydrogen-bond donors (Lipinski definition) is 0. The highest BCUT2D eigenvalue weighted by atomic mass is 15.8. The van der Waals surface area contributed by atoms with E-state index in [2.05, 4.69) is 95.6 Å². The first-order valence-corrected chi connectivity index (χ1v) is 7.81. The van der Waals surface area contributed by atoms with Gasteiger partial charge in [-0.25, -0.2) is 30.1 Å². The molecule has 6 heteroatoms. The minimum Gasteiger partial charge on any atom is -0.245 e. The van der Waals surface area contributed by atoms with Crippen LogP contribution in [0.1, 0.15) is 5.56 Å². The van der Waals surface area contributed by atoms with Crippen molar-refractivity contribution in [3.8, 4) is 0 Å². The van der Waals surface area contributed by atoms with Crippen molar-refractivity contribution in [2.45, 2.75) is 6.42 Å². The van der Waals surface area contributed by atoms with Gasteiger partial charge >= 0.3 is 0 Å². The largest absolute Gasteiger partial charge is 0.245 e. The Labute approximate surface area is 135 Å². The molecule has 1 aromatic carbocycles. The maximum Gasteiger partial charge on any atom is 0.0816 e. The van der Waals surface area contributed by atoms with Gasteiger partial charge in [-0.15, -0.1) is 0 Å². The minimum atomic E-state index is 0.919.